The molecular weight excluding hydrogens is 209 g/mol. The average Bonchev–Trinajstić information content (AvgIpc) is 1.97. The van der Waals surface area contributed by atoms with Crippen molar-refractivity contribution in [2.45, 2.75) is 33.0 Å². The molecule has 0 aliphatic heterocycles. The third-order valence-corrected chi connectivity index (χ3v) is 1.66. The first-order valence-electron chi connectivity index (χ1n) is 4.74. The van der Waals surface area contributed by atoms with E-state index in [1.165, 1.54) is 6.92 Å². The first kappa shape index (κ1) is 14.2. The van der Waals surface area contributed by atoms with Crippen molar-refractivity contribution in [1.29, 1.82) is 0 Å². The Balaban J connectivity index is 4.52. The van der Waals surface area contributed by atoms with Crippen LogP contribution in [0.1, 0.15) is 20.8 Å². The van der Waals surface area contributed by atoms with E-state index in [0.717, 1.165) is 4.90 Å². The minimum absolute atomic E-state index is 0.0185. The lowest BCUT2D eigenvalue weighted by Crippen LogP contribution is -2.47. The minimum Gasteiger partial charge on any atom is -0.332 e. The van der Waals surface area contributed by atoms with Crippen molar-refractivity contribution in [2.75, 3.05) is 13.1 Å². The van der Waals surface area contributed by atoms with Gasteiger partial charge in [-0.3, -0.25) is 4.79 Å². The summed E-state index contributed by atoms with van der Waals surface area (Å²) >= 11 is 0. The molecule has 0 aromatic carbocycles. The summed E-state index contributed by atoms with van der Waals surface area (Å²) in [6.07, 6.45) is -4.38. The van der Waals surface area contributed by atoms with Gasteiger partial charge < -0.3 is 10.6 Å². The summed E-state index contributed by atoms with van der Waals surface area (Å²) in [5.41, 5.74) is 5.27. The number of carbonyl (C=O) groups excluding carboxylic acids is 1. The van der Waals surface area contributed by atoms with Gasteiger partial charge in [-0.05, 0) is 12.8 Å². The zero-order valence-corrected chi connectivity index (χ0v) is 9.14. The molecule has 1 atom stereocenters. The van der Waals surface area contributed by atoms with Crippen LogP contribution in [0.2, 0.25) is 0 Å². The lowest BCUT2D eigenvalue weighted by atomic mass is 10.2. The van der Waals surface area contributed by atoms with Crippen molar-refractivity contribution in [1.82, 2.24) is 4.90 Å². The van der Waals surface area contributed by atoms with E-state index in [-0.39, 0.29) is 12.5 Å². The lowest BCUT2D eigenvalue weighted by Gasteiger charge is -2.27. The molecule has 0 rings (SSSR count). The molecule has 0 bridgehead atoms. The van der Waals surface area contributed by atoms with Crippen molar-refractivity contribution in [3.05, 3.63) is 0 Å². The third kappa shape index (κ3) is 6.33. The topological polar surface area (TPSA) is 46.3 Å². The van der Waals surface area contributed by atoms with Crippen molar-refractivity contribution in [3.8, 4) is 0 Å². The maximum Gasteiger partial charge on any atom is 0.406 e. The lowest BCUT2D eigenvalue weighted by molar-refractivity contribution is -0.162. The van der Waals surface area contributed by atoms with Gasteiger partial charge in [0.25, 0.3) is 0 Å². The number of hydrogen-bond donors (Lipinski definition) is 1. The van der Waals surface area contributed by atoms with Gasteiger partial charge in [-0.2, -0.15) is 13.2 Å². The largest absolute Gasteiger partial charge is 0.406 e. The molecule has 6 heteroatoms. The summed E-state index contributed by atoms with van der Waals surface area (Å²) in [6.45, 7) is 3.72. The van der Waals surface area contributed by atoms with Crippen LogP contribution >= 0.6 is 0 Å². The monoisotopic (exact) mass is 226 g/mol. The molecule has 1 amide bonds. The van der Waals surface area contributed by atoms with Gasteiger partial charge in [0.15, 0.2) is 0 Å². The van der Waals surface area contributed by atoms with Gasteiger partial charge >= 0.3 is 6.18 Å². The summed E-state index contributed by atoms with van der Waals surface area (Å²) in [5, 5.41) is 0. The summed E-state index contributed by atoms with van der Waals surface area (Å²) in [5.74, 6) is -0.684. The summed E-state index contributed by atoms with van der Waals surface area (Å²) in [4.78, 5) is 12.1. The number of alkyl halides is 3. The standard InChI is InChI=1S/C9H17F3N2O/c1-6(2)4-14(5-9(10,11)12)8(15)7(3)13/h6-7H,4-5,13H2,1-3H3/t7-/m1/s1. The summed E-state index contributed by atoms with van der Waals surface area (Å²) < 4.78 is 36.4. The van der Waals surface area contributed by atoms with Crippen molar-refractivity contribution in [3.63, 3.8) is 0 Å². The van der Waals surface area contributed by atoms with Crippen LogP contribution in [0.15, 0.2) is 0 Å². The van der Waals surface area contributed by atoms with E-state index in [0.29, 0.717) is 0 Å². The van der Waals surface area contributed by atoms with E-state index in [9.17, 15) is 18.0 Å². The molecule has 0 spiro atoms. The zero-order valence-electron chi connectivity index (χ0n) is 9.14. The quantitative estimate of drug-likeness (QED) is 0.787. The highest BCUT2D eigenvalue weighted by Crippen LogP contribution is 2.17. The highest BCUT2D eigenvalue weighted by Gasteiger charge is 2.33. The molecule has 0 aromatic heterocycles. The molecule has 0 aliphatic rings. The highest BCUT2D eigenvalue weighted by atomic mass is 19.4. The molecule has 0 unspecified atom stereocenters. The molecule has 0 aromatic rings. The van der Waals surface area contributed by atoms with Crippen LogP contribution in [0.3, 0.4) is 0 Å². The summed E-state index contributed by atoms with van der Waals surface area (Å²) in [6, 6.07) is -0.897. The van der Waals surface area contributed by atoms with E-state index in [1.807, 2.05) is 0 Å². The van der Waals surface area contributed by atoms with E-state index in [4.69, 9.17) is 5.73 Å². The first-order chi connectivity index (χ1) is 6.63. The van der Waals surface area contributed by atoms with E-state index in [2.05, 4.69) is 0 Å². The second-order valence-corrected chi connectivity index (χ2v) is 4.02. The van der Waals surface area contributed by atoms with Crippen molar-refractivity contribution in [2.24, 2.45) is 11.7 Å². The minimum atomic E-state index is -4.38. The van der Waals surface area contributed by atoms with E-state index >= 15 is 0 Å². The van der Waals surface area contributed by atoms with Gasteiger partial charge in [0.05, 0.1) is 6.04 Å². The van der Waals surface area contributed by atoms with Gasteiger partial charge in [-0.1, -0.05) is 13.8 Å². The fourth-order valence-electron chi connectivity index (χ4n) is 1.18. The van der Waals surface area contributed by atoms with Crippen molar-refractivity contribution >= 4 is 5.91 Å². The fourth-order valence-corrected chi connectivity index (χ4v) is 1.18. The molecule has 0 saturated carbocycles. The molecule has 0 heterocycles. The number of nitrogens with zero attached hydrogens (tertiary/aromatic N) is 1. The Kier molecular flexibility index (Phi) is 5.07. The van der Waals surface area contributed by atoms with Crippen LogP contribution in [-0.4, -0.2) is 36.1 Å². The highest BCUT2D eigenvalue weighted by molar-refractivity contribution is 5.81. The van der Waals surface area contributed by atoms with Crippen LogP contribution in [0, 0.1) is 5.92 Å². The van der Waals surface area contributed by atoms with E-state index in [1.54, 1.807) is 13.8 Å². The van der Waals surface area contributed by atoms with Gasteiger partial charge in [0.2, 0.25) is 5.91 Å². The molecule has 90 valence electrons. The second kappa shape index (κ2) is 5.34. The number of rotatable bonds is 4. The molecule has 15 heavy (non-hydrogen) atoms. The first-order valence-corrected chi connectivity index (χ1v) is 4.74. The Hall–Kier alpha value is -0.780. The maximum atomic E-state index is 12.1. The smallest absolute Gasteiger partial charge is 0.332 e. The zero-order chi connectivity index (χ0) is 12.2. The predicted molar refractivity (Wildman–Crippen MR) is 51.1 cm³/mol. The Bertz CT molecular complexity index is 214. The Morgan fingerprint density at radius 2 is 1.80 bits per heavy atom. The van der Waals surface area contributed by atoms with Gasteiger partial charge in [-0.25, -0.2) is 0 Å². The van der Waals surface area contributed by atoms with Gasteiger partial charge in [0.1, 0.15) is 6.54 Å². The van der Waals surface area contributed by atoms with Gasteiger partial charge in [-0.15, -0.1) is 0 Å². The number of halogens is 3. The van der Waals surface area contributed by atoms with Crippen molar-refractivity contribution < 1.29 is 18.0 Å². The van der Waals surface area contributed by atoms with E-state index < -0.39 is 24.7 Å². The molecule has 0 fully saturated rings. The number of hydrogen-bond acceptors (Lipinski definition) is 2. The molecule has 0 saturated heterocycles. The molecule has 2 N–H and O–H groups in total. The van der Waals surface area contributed by atoms with Crippen LogP contribution in [-0.2, 0) is 4.79 Å². The summed E-state index contributed by atoms with van der Waals surface area (Å²) in [7, 11) is 0. The normalized spacial score (nSPS) is 14.1. The SMILES string of the molecule is CC(C)CN(CC(F)(F)F)C(=O)[C@@H](C)N. The maximum absolute atomic E-state index is 12.1. The van der Waals surface area contributed by atoms with Crippen LogP contribution in [0.4, 0.5) is 13.2 Å². The van der Waals surface area contributed by atoms with Crippen LogP contribution in [0.5, 0.6) is 0 Å². The fraction of sp³-hybridized carbons (Fsp3) is 0.889. The molecule has 3 nitrogen and oxygen atoms in total. The Labute approximate surface area is 87.4 Å². The van der Waals surface area contributed by atoms with Crippen LogP contribution < -0.4 is 5.73 Å². The number of nitrogens with two attached hydrogens (primary N) is 1. The second-order valence-electron chi connectivity index (χ2n) is 4.02. The van der Waals surface area contributed by atoms with Gasteiger partial charge in [0, 0.05) is 6.54 Å². The number of carbonyl (C=O) groups is 1. The average molecular weight is 226 g/mol. The molecular formula is C9H17F3N2O. The molecule has 0 aliphatic carbocycles. The van der Waals surface area contributed by atoms with Crippen LogP contribution in [0.25, 0.3) is 0 Å². The number of amides is 1. The molecule has 0 radical (unpaired) electrons. The Morgan fingerprint density at radius 1 is 1.33 bits per heavy atom. The third-order valence-electron chi connectivity index (χ3n) is 1.66. The Morgan fingerprint density at radius 3 is 2.07 bits per heavy atom. The predicted octanol–water partition coefficient (Wildman–Crippen LogP) is 1.38.